The van der Waals surface area contributed by atoms with Gasteiger partial charge in [-0.05, 0) is 31.7 Å². The zero-order chi connectivity index (χ0) is 16.9. The molecule has 23 heavy (non-hydrogen) atoms. The molecule has 0 aliphatic carbocycles. The van der Waals surface area contributed by atoms with Gasteiger partial charge in [0.05, 0.1) is 11.8 Å². The summed E-state index contributed by atoms with van der Waals surface area (Å²) in [6, 6.07) is 9.95. The highest BCUT2D eigenvalue weighted by atomic mass is 32.2. The largest absolute Gasteiger partial charge is 0.349 e. The number of nitrogens with zero attached hydrogens (tertiary/aromatic N) is 1. The second-order valence-corrected chi connectivity index (χ2v) is 8.21. The molecule has 1 atom stereocenters. The third kappa shape index (κ3) is 4.54. The summed E-state index contributed by atoms with van der Waals surface area (Å²) in [6.07, 6.45) is 2.02. The summed E-state index contributed by atoms with van der Waals surface area (Å²) in [6.45, 7) is 4.58. The quantitative estimate of drug-likeness (QED) is 0.865. The fourth-order valence-corrected chi connectivity index (χ4v) is 4.11. The molecule has 0 saturated carbocycles. The average molecular weight is 338 g/mol. The van der Waals surface area contributed by atoms with Gasteiger partial charge >= 0.3 is 0 Å². The molecule has 0 unspecified atom stereocenters. The number of hydrogen-bond acceptors (Lipinski definition) is 3. The molecule has 1 aromatic rings. The summed E-state index contributed by atoms with van der Waals surface area (Å²) < 4.78 is 25.2. The number of hydrogen-bond donors (Lipinski definition) is 1. The van der Waals surface area contributed by atoms with Crippen LogP contribution >= 0.6 is 0 Å². The Labute approximate surface area is 139 Å². The van der Waals surface area contributed by atoms with E-state index in [-0.39, 0.29) is 23.6 Å². The summed E-state index contributed by atoms with van der Waals surface area (Å²) in [5.41, 5.74) is 1.11. The predicted octanol–water partition coefficient (Wildman–Crippen LogP) is 2.32. The topological polar surface area (TPSA) is 66.5 Å². The number of benzene rings is 1. The lowest BCUT2D eigenvalue weighted by Gasteiger charge is -2.31. The molecule has 1 N–H and O–H groups in total. The van der Waals surface area contributed by atoms with E-state index >= 15 is 0 Å². The third-order valence-corrected chi connectivity index (χ3v) is 6.39. The first kappa shape index (κ1) is 17.9. The van der Waals surface area contributed by atoms with Crippen LogP contribution < -0.4 is 5.32 Å². The van der Waals surface area contributed by atoms with Crippen molar-refractivity contribution in [3.63, 3.8) is 0 Å². The molecule has 6 heteroatoms. The molecular weight excluding hydrogens is 312 g/mol. The van der Waals surface area contributed by atoms with Gasteiger partial charge in [-0.2, -0.15) is 0 Å². The van der Waals surface area contributed by atoms with E-state index in [9.17, 15) is 13.2 Å². The molecule has 0 radical (unpaired) electrons. The van der Waals surface area contributed by atoms with Gasteiger partial charge in [-0.1, -0.05) is 37.3 Å². The first-order valence-electron chi connectivity index (χ1n) is 8.31. The minimum Gasteiger partial charge on any atom is -0.349 e. The highest BCUT2D eigenvalue weighted by Crippen LogP contribution is 2.22. The second kappa shape index (κ2) is 7.93. The lowest BCUT2D eigenvalue weighted by Crippen LogP contribution is -2.44. The maximum atomic E-state index is 12.5. The lowest BCUT2D eigenvalue weighted by molar-refractivity contribution is -0.126. The van der Waals surface area contributed by atoms with E-state index in [4.69, 9.17) is 0 Å². The molecule has 1 fully saturated rings. The molecule has 0 bridgehead atoms. The predicted molar refractivity (Wildman–Crippen MR) is 91.4 cm³/mol. The fraction of sp³-hybridized carbons (Fsp3) is 0.588. The molecule has 1 aliphatic rings. The third-order valence-electron chi connectivity index (χ3n) is 4.51. The highest BCUT2D eigenvalue weighted by Gasteiger charge is 2.30. The first-order chi connectivity index (χ1) is 11.0. The van der Waals surface area contributed by atoms with E-state index < -0.39 is 10.0 Å². The van der Waals surface area contributed by atoms with Crippen LogP contribution in [0.4, 0.5) is 0 Å². The number of piperidine rings is 1. The second-order valence-electron chi connectivity index (χ2n) is 5.95. The summed E-state index contributed by atoms with van der Waals surface area (Å²) in [7, 11) is -3.14. The van der Waals surface area contributed by atoms with Crippen LogP contribution in [-0.2, 0) is 14.8 Å². The minimum atomic E-state index is -3.14. The van der Waals surface area contributed by atoms with Crippen LogP contribution in [-0.4, -0.2) is 37.5 Å². The normalized spacial score (nSPS) is 18.5. The first-order valence-corrected chi connectivity index (χ1v) is 9.92. The van der Waals surface area contributed by atoms with Gasteiger partial charge in [0.25, 0.3) is 0 Å². The Bertz CT molecular complexity index is 608. The van der Waals surface area contributed by atoms with Crippen molar-refractivity contribution in [2.24, 2.45) is 5.92 Å². The molecule has 0 aromatic heterocycles. The molecule has 1 aliphatic heterocycles. The van der Waals surface area contributed by atoms with E-state index in [1.54, 1.807) is 6.92 Å². The number of nitrogens with one attached hydrogen (secondary N) is 1. The van der Waals surface area contributed by atoms with Crippen molar-refractivity contribution >= 4 is 15.9 Å². The Morgan fingerprint density at radius 3 is 2.35 bits per heavy atom. The summed E-state index contributed by atoms with van der Waals surface area (Å²) in [5.74, 6) is 0.0563. The van der Waals surface area contributed by atoms with Crippen molar-refractivity contribution in [1.82, 2.24) is 9.62 Å². The van der Waals surface area contributed by atoms with Crippen molar-refractivity contribution in [1.29, 1.82) is 0 Å². The van der Waals surface area contributed by atoms with Gasteiger partial charge in [-0.25, -0.2) is 12.7 Å². The van der Waals surface area contributed by atoms with Crippen molar-refractivity contribution < 1.29 is 13.2 Å². The molecule has 1 heterocycles. The van der Waals surface area contributed by atoms with Crippen LogP contribution in [0.15, 0.2) is 30.3 Å². The van der Waals surface area contributed by atoms with Crippen LogP contribution in [0.2, 0.25) is 0 Å². The molecular formula is C17H26N2O3S. The maximum absolute atomic E-state index is 12.5. The zero-order valence-electron chi connectivity index (χ0n) is 13.9. The Kier molecular flexibility index (Phi) is 6.18. The standard InChI is InChI=1S/C17H26N2O3S/c1-3-16(14-8-6-5-7-9-14)18-17(20)15-10-12-19(13-11-15)23(21,22)4-2/h5-9,15-16H,3-4,10-13H2,1-2H3,(H,18,20)/t16-/m1/s1. The molecule has 0 spiro atoms. The van der Waals surface area contributed by atoms with E-state index in [0.29, 0.717) is 25.9 Å². The molecule has 1 saturated heterocycles. The minimum absolute atomic E-state index is 0.0149. The van der Waals surface area contributed by atoms with Crippen molar-refractivity contribution in [2.45, 2.75) is 39.2 Å². The summed E-state index contributed by atoms with van der Waals surface area (Å²) in [4.78, 5) is 12.5. The van der Waals surface area contributed by atoms with Crippen LogP contribution in [0.3, 0.4) is 0 Å². The number of rotatable bonds is 6. The summed E-state index contributed by atoms with van der Waals surface area (Å²) in [5, 5.41) is 3.11. The van der Waals surface area contributed by atoms with Gasteiger partial charge in [0.15, 0.2) is 0 Å². The Morgan fingerprint density at radius 1 is 1.22 bits per heavy atom. The van der Waals surface area contributed by atoms with Gasteiger partial charge in [-0.15, -0.1) is 0 Å². The van der Waals surface area contributed by atoms with Gasteiger partial charge in [-0.3, -0.25) is 4.79 Å². The van der Waals surface area contributed by atoms with Gasteiger partial charge in [0.2, 0.25) is 15.9 Å². The van der Waals surface area contributed by atoms with Crippen LogP contribution in [0.1, 0.15) is 44.7 Å². The SMILES string of the molecule is CC[C@@H](NC(=O)C1CCN(S(=O)(=O)CC)CC1)c1ccccc1. The Balaban J connectivity index is 1.92. The van der Waals surface area contributed by atoms with E-state index in [1.807, 2.05) is 37.3 Å². The number of carbonyl (C=O) groups is 1. The average Bonchev–Trinajstić information content (AvgIpc) is 2.60. The Morgan fingerprint density at radius 2 is 1.83 bits per heavy atom. The number of sulfonamides is 1. The van der Waals surface area contributed by atoms with Crippen molar-refractivity contribution in [3.8, 4) is 0 Å². The molecule has 1 amide bonds. The van der Waals surface area contributed by atoms with Crippen LogP contribution in [0, 0.1) is 5.92 Å². The van der Waals surface area contributed by atoms with Crippen molar-refractivity contribution in [3.05, 3.63) is 35.9 Å². The number of carbonyl (C=O) groups excluding carboxylic acids is 1. The number of amides is 1. The van der Waals surface area contributed by atoms with Crippen LogP contribution in [0.25, 0.3) is 0 Å². The maximum Gasteiger partial charge on any atom is 0.223 e. The van der Waals surface area contributed by atoms with E-state index in [0.717, 1.165) is 12.0 Å². The molecule has 128 valence electrons. The fourth-order valence-electron chi connectivity index (χ4n) is 2.97. The summed E-state index contributed by atoms with van der Waals surface area (Å²) >= 11 is 0. The van der Waals surface area contributed by atoms with E-state index in [2.05, 4.69) is 5.32 Å². The smallest absolute Gasteiger partial charge is 0.223 e. The van der Waals surface area contributed by atoms with Crippen molar-refractivity contribution in [2.75, 3.05) is 18.8 Å². The highest BCUT2D eigenvalue weighted by molar-refractivity contribution is 7.89. The van der Waals surface area contributed by atoms with Crippen LogP contribution in [0.5, 0.6) is 0 Å². The molecule has 5 nitrogen and oxygen atoms in total. The van der Waals surface area contributed by atoms with Gasteiger partial charge in [0.1, 0.15) is 0 Å². The van der Waals surface area contributed by atoms with Gasteiger partial charge < -0.3 is 5.32 Å². The zero-order valence-corrected chi connectivity index (χ0v) is 14.7. The molecule has 2 rings (SSSR count). The molecule has 1 aromatic carbocycles. The monoisotopic (exact) mass is 338 g/mol. The lowest BCUT2D eigenvalue weighted by atomic mass is 9.96. The Hall–Kier alpha value is -1.40. The van der Waals surface area contributed by atoms with Gasteiger partial charge in [0, 0.05) is 19.0 Å². The van der Waals surface area contributed by atoms with E-state index in [1.165, 1.54) is 4.31 Å².